The number of aromatic nitrogens is 1. The molecule has 0 radical (unpaired) electrons. The summed E-state index contributed by atoms with van der Waals surface area (Å²) in [5.74, 6) is -0.731. The molecular weight excluding hydrogens is 759 g/mol. The molecule has 0 unspecified atom stereocenters. The molecule has 4 aromatic carbocycles. The van der Waals surface area contributed by atoms with Crippen molar-refractivity contribution in [2.24, 2.45) is 0 Å². The van der Waals surface area contributed by atoms with Crippen molar-refractivity contribution in [2.75, 3.05) is 27.9 Å². The van der Waals surface area contributed by atoms with Crippen molar-refractivity contribution < 1.29 is 30.5 Å². The van der Waals surface area contributed by atoms with E-state index in [2.05, 4.69) is 69.0 Å². The fourth-order valence-electron chi connectivity index (χ4n) is 6.85. The van der Waals surface area contributed by atoms with Crippen molar-refractivity contribution in [2.45, 2.75) is 37.1 Å². The van der Waals surface area contributed by atoms with Gasteiger partial charge < -0.3 is 14.4 Å². The topological polar surface area (TPSA) is 122 Å². The molecule has 1 aliphatic heterocycles. The molecule has 0 amide bonds. The number of benzene rings is 4. The van der Waals surface area contributed by atoms with Crippen molar-refractivity contribution in [3.8, 4) is 0 Å². The molecule has 13 heteroatoms. The maximum Gasteiger partial charge on any atom is 0.264 e. The Hall–Kier alpha value is -4.50. The number of hydrogen-bond donors (Lipinski definition) is 1. The van der Waals surface area contributed by atoms with E-state index < -0.39 is 26.0 Å². The van der Waals surface area contributed by atoms with E-state index in [9.17, 15) is 25.9 Å². The Bertz CT molecular complexity index is 2450. The summed E-state index contributed by atoms with van der Waals surface area (Å²) in [6.45, 7) is 0.836. The number of rotatable bonds is 14. The van der Waals surface area contributed by atoms with Gasteiger partial charge in [0, 0.05) is 47.1 Å². The molecule has 5 aromatic rings. The Morgan fingerprint density at radius 2 is 1.44 bits per heavy atom. The van der Waals surface area contributed by atoms with Crippen LogP contribution in [0.25, 0.3) is 16.3 Å². The summed E-state index contributed by atoms with van der Waals surface area (Å²) >= 11 is 3.26. The van der Waals surface area contributed by atoms with Crippen LogP contribution in [-0.4, -0.2) is 44.0 Å². The van der Waals surface area contributed by atoms with Crippen molar-refractivity contribution in [3.05, 3.63) is 154 Å². The zero-order valence-corrected chi connectivity index (χ0v) is 32.6. The molecule has 1 aromatic heterocycles. The number of anilines is 3. The van der Waals surface area contributed by atoms with Gasteiger partial charge in [-0.1, -0.05) is 89.8 Å². The third-order valence-corrected chi connectivity index (χ3v) is 13.1. The Morgan fingerprint density at radius 3 is 2.15 bits per heavy atom. The minimum atomic E-state index is -4.33. The summed E-state index contributed by atoms with van der Waals surface area (Å²) in [7, 11) is -8.41. The van der Waals surface area contributed by atoms with Gasteiger partial charge in [0.25, 0.3) is 15.1 Å². The number of allylic oxidation sites excluding steroid dienone is 5. The number of thioether (sulfide) groups is 1. The average molecular weight is 798 g/mol. The first-order valence-corrected chi connectivity index (χ1v) is 22.4. The van der Waals surface area contributed by atoms with E-state index >= 15 is 0 Å². The van der Waals surface area contributed by atoms with Gasteiger partial charge in [-0.3, -0.25) is 4.55 Å². The van der Waals surface area contributed by atoms with Crippen LogP contribution in [0, 0.1) is 0 Å². The summed E-state index contributed by atoms with van der Waals surface area (Å²) in [6, 6.07) is 36.6. The first-order valence-electron chi connectivity index (χ1n) is 17.6. The second-order valence-electron chi connectivity index (χ2n) is 12.9. The largest absolute Gasteiger partial charge is 0.748 e. The normalized spacial score (nSPS) is 16.4. The fraction of sp³-hybridized carbons (Fsp3) is 0.195. The second kappa shape index (κ2) is 16.5. The SMILES string of the molecule is O=S(=O)([O-])CCC[n+]1c(C=CC2=C(N(c3ccccc3)c3ccccc3)/C(=C/C=C3\Sc4ccccc4N3CCCS(=O)(=O)O)CC2)sc2ccccc21. The molecule has 0 saturated carbocycles. The molecule has 9 nitrogen and oxygen atoms in total. The van der Waals surface area contributed by atoms with Crippen LogP contribution < -0.4 is 14.4 Å². The van der Waals surface area contributed by atoms with Crippen LogP contribution in [0.15, 0.2) is 154 Å². The molecule has 0 saturated heterocycles. The van der Waals surface area contributed by atoms with Gasteiger partial charge in [-0.25, -0.2) is 8.42 Å². The zero-order chi connectivity index (χ0) is 37.7. The van der Waals surface area contributed by atoms with E-state index in [4.69, 9.17) is 0 Å². The first kappa shape index (κ1) is 37.8. The van der Waals surface area contributed by atoms with Crippen LogP contribution in [0.2, 0.25) is 0 Å². The lowest BCUT2D eigenvalue weighted by molar-refractivity contribution is -0.668. The molecule has 0 spiro atoms. The Morgan fingerprint density at radius 1 is 0.778 bits per heavy atom. The Labute approximate surface area is 324 Å². The minimum Gasteiger partial charge on any atom is -0.748 e. The molecule has 0 fully saturated rings. The van der Waals surface area contributed by atoms with Gasteiger partial charge in [-0.05, 0) is 85.0 Å². The lowest BCUT2D eigenvalue weighted by Crippen LogP contribution is -2.36. The summed E-state index contributed by atoms with van der Waals surface area (Å²) in [6.07, 6.45) is 10.6. The van der Waals surface area contributed by atoms with Gasteiger partial charge in [0.1, 0.15) is 4.70 Å². The average Bonchev–Trinajstić information content (AvgIpc) is 3.83. The quantitative estimate of drug-likeness (QED) is 0.0869. The molecule has 54 heavy (non-hydrogen) atoms. The van der Waals surface area contributed by atoms with E-state index in [1.165, 1.54) is 0 Å². The van der Waals surface area contributed by atoms with Gasteiger partial charge in [0.15, 0.2) is 6.54 Å². The number of fused-ring (bicyclic) bond motifs is 2. The van der Waals surface area contributed by atoms with E-state index in [0.717, 1.165) is 71.9 Å². The maximum absolute atomic E-state index is 11.5. The van der Waals surface area contributed by atoms with Crippen molar-refractivity contribution in [1.82, 2.24) is 0 Å². The standard InChI is InChI=1S/C41H39N3O6S4/c45-53(46,47)29-11-27-42-35-17-7-9-19-37(35)51-39(42)25-23-31-21-22-32(41(31)44(33-13-3-1-4-14-33)34-15-5-2-6-16-34)24-26-40-43(28-12-30-54(48,49)50)36-18-8-10-20-38(36)52-40/h1-10,13-20,23-26H,11-12,21-22,27-30H2,(H-,45,46,47,48,49,50). The number of nitrogens with zero attached hydrogens (tertiary/aromatic N) is 3. The van der Waals surface area contributed by atoms with Crippen molar-refractivity contribution in [1.29, 1.82) is 0 Å². The molecule has 1 aliphatic carbocycles. The fourth-order valence-corrected chi connectivity index (χ4v) is 10.0. The van der Waals surface area contributed by atoms with Gasteiger partial charge in [0.05, 0.1) is 32.3 Å². The number of aryl methyl sites for hydroxylation is 1. The van der Waals surface area contributed by atoms with Crippen LogP contribution in [0.5, 0.6) is 0 Å². The first-order chi connectivity index (χ1) is 26.0. The summed E-state index contributed by atoms with van der Waals surface area (Å²) < 4.78 is 70.0. The van der Waals surface area contributed by atoms with Crippen LogP contribution in [0.1, 0.15) is 30.7 Å². The van der Waals surface area contributed by atoms with E-state index in [-0.39, 0.29) is 18.6 Å². The van der Waals surface area contributed by atoms with Gasteiger partial charge >= 0.3 is 0 Å². The predicted octanol–water partition coefficient (Wildman–Crippen LogP) is 8.68. The highest BCUT2D eigenvalue weighted by molar-refractivity contribution is 8.03. The molecule has 2 aliphatic rings. The van der Waals surface area contributed by atoms with Gasteiger partial charge in [-0.2, -0.15) is 13.0 Å². The van der Waals surface area contributed by atoms with E-state index in [1.807, 2.05) is 78.9 Å². The third-order valence-electron chi connectivity index (χ3n) is 9.21. The monoisotopic (exact) mass is 797 g/mol. The molecular formula is C41H39N3O6S4. The van der Waals surface area contributed by atoms with Crippen LogP contribution in [0.4, 0.5) is 17.1 Å². The molecule has 0 bridgehead atoms. The highest BCUT2D eigenvalue weighted by atomic mass is 32.2. The van der Waals surface area contributed by atoms with Gasteiger partial charge in [0.2, 0.25) is 5.52 Å². The zero-order valence-electron chi connectivity index (χ0n) is 29.3. The molecule has 1 N–H and O–H groups in total. The van der Waals surface area contributed by atoms with Gasteiger partial charge in [-0.15, -0.1) is 0 Å². The van der Waals surface area contributed by atoms with Crippen LogP contribution >= 0.6 is 23.1 Å². The third kappa shape index (κ3) is 9.06. The Kier molecular flexibility index (Phi) is 11.5. The lowest BCUT2D eigenvalue weighted by atomic mass is 10.1. The minimum absolute atomic E-state index is 0.220. The number of para-hydroxylation sites is 4. The van der Waals surface area contributed by atoms with Crippen molar-refractivity contribution in [3.63, 3.8) is 0 Å². The van der Waals surface area contributed by atoms with E-state index in [0.29, 0.717) is 13.1 Å². The molecule has 2 heterocycles. The number of hydrogen-bond acceptors (Lipinski definition) is 9. The van der Waals surface area contributed by atoms with Crippen LogP contribution in [0.3, 0.4) is 0 Å². The number of thiazole rings is 1. The highest BCUT2D eigenvalue weighted by Crippen LogP contribution is 2.47. The smallest absolute Gasteiger partial charge is 0.264 e. The van der Waals surface area contributed by atoms with E-state index in [1.54, 1.807) is 23.1 Å². The highest BCUT2D eigenvalue weighted by Gasteiger charge is 2.28. The van der Waals surface area contributed by atoms with Crippen LogP contribution in [-0.2, 0) is 26.8 Å². The Balaban J connectivity index is 1.32. The summed E-state index contributed by atoms with van der Waals surface area (Å²) in [5.41, 5.74) is 7.34. The predicted molar refractivity (Wildman–Crippen MR) is 218 cm³/mol. The summed E-state index contributed by atoms with van der Waals surface area (Å²) in [5, 5.41) is 1.93. The summed E-state index contributed by atoms with van der Waals surface area (Å²) in [4.78, 5) is 5.49. The van der Waals surface area contributed by atoms with Crippen molar-refractivity contribution >= 4 is 76.7 Å². The second-order valence-corrected chi connectivity index (χ2v) is 18.2. The lowest BCUT2D eigenvalue weighted by Gasteiger charge is -2.28. The molecule has 7 rings (SSSR count). The maximum atomic E-state index is 11.5. The molecule has 278 valence electrons. The molecule has 0 atom stereocenters.